The van der Waals surface area contributed by atoms with Gasteiger partial charge in [0.05, 0.1) is 12.2 Å². The molecular formula is C20H27N3O4. The summed E-state index contributed by atoms with van der Waals surface area (Å²) in [6.07, 6.45) is 5.89. The maximum Gasteiger partial charge on any atom is 0.340 e. The van der Waals surface area contributed by atoms with E-state index in [4.69, 9.17) is 15.3 Å². The zero-order valence-electron chi connectivity index (χ0n) is 15.9. The maximum atomic E-state index is 12.6. The second kappa shape index (κ2) is 8.43. The fourth-order valence-corrected chi connectivity index (χ4v) is 3.97. The molecule has 1 fully saturated rings. The molecule has 3 rings (SSSR count). The highest BCUT2D eigenvalue weighted by Crippen LogP contribution is 2.37. The fraction of sp³-hybridized carbons (Fsp3) is 0.500. The Kier molecular flexibility index (Phi) is 6.01. The lowest BCUT2D eigenvalue weighted by Crippen LogP contribution is -2.34. The number of rotatable bonds is 6. The number of aromatic nitrogens is 1. The van der Waals surface area contributed by atoms with Crippen LogP contribution >= 0.6 is 0 Å². The van der Waals surface area contributed by atoms with E-state index in [1.807, 2.05) is 24.5 Å². The van der Waals surface area contributed by atoms with Crippen LogP contribution in [0.1, 0.15) is 61.1 Å². The van der Waals surface area contributed by atoms with E-state index in [0.717, 1.165) is 29.4 Å². The van der Waals surface area contributed by atoms with Gasteiger partial charge in [-0.3, -0.25) is 10.2 Å². The van der Waals surface area contributed by atoms with E-state index in [0.29, 0.717) is 24.0 Å². The number of hydrogen-bond donors (Lipinski definition) is 2. The van der Waals surface area contributed by atoms with Crippen molar-refractivity contribution in [3.8, 4) is 5.75 Å². The number of benzene rings is 1. The number of carbonyl (C=O) groups is 2. The molecule has 0 saturated heterocycles. The number of ether oxygens (including phenoxy) is 2. The fourth-order valence-electron chi connectivity index (χ4n) is 3.97. The largest absolute Gasteiger partial charge is 0.484 e. The zero-order chi connectivity index (χ0) is 19.4. The van der Waals surface area contributed by atoms with Gasteiger partial charge in [-0.05, 0) is 44.9 Å². The van der Waals surface area contributed by atoms with Crippen molar-refractivity contribution in [3.05, 3.63) is 29.5 Å². The summed E-state index contributed by atoms with van der Waals surface area (Å²) in [5.41, 5.74) is 4.53. The predicted molar refractivity (Wildman–Crippen MR) is 103 cm³/mol. The van der Waals surface area contributed by atoms with Crippen LogP contribution in [0.3, 0.4) is 0 Å². The summed E-state index contributed by atoms with van der Waals surface area (Å²) < 4.78 is 13.1. The molecule has 3 N–H and O–H groups in total. The third kappa shape index (κ3) is 3.93. The van der Waals surface area contributed by atoms with Crippen LogP contribution in [-0.2, 0) is 9.53 Å². The zero-order valence-corrected chi connectivity index (χ0v) is 15.9. The number of nitrogens with two attached hydrogens (primary N) is 1. The maximum absolute atomic E-state index is 12.6. The van der Waals surface area contributed by atoms with Crippen LogP contribution < -0.4 is 16.0 Å². The molecule has 0 atom stereocenters. The minimum atomic E-state index is -0.420. The van der Waals surface area contributed by atoms with E-state index in [1.54, 1.807) is 13.0 Å². The second-order valence-corrected chi connectivity index (χ2v) is 6.88. The smallest absolute Gasteiger partial charge is 0.340 e. The molecule has 1 aromatic heterocycles. The Morgan fingerprint density at radius 2 is 2.00 bits per heavy atom. The van der Waals surface area contributed by atoms with Gasteiger partial charge in [0.25, 0.3) is 5.91 Å². The minimum absolute atomic E-state index is 0.181. The van der Waals surface area contributed by atoms with Gasteiger partial charge in [-0.1, -0.05) is 19.3 Å². The van der Waals surface area contributed by atoms with Crippen LogP contribution in [0.25, 0.3) is 10.9 Å². The first-order valence-electron chi connectivity index (χ1n) is 9.50. The van der Waals surface area contributed by atoms with Crippen molar-refractivity contribution in [1.82, 2.24) is 9.99 Å². The summed E-state index contributed by atoms with van der Waals surface area (Å²) in [4.78, 5) is 24.0. The summed E-state index contributed by atoms with van der Waals surface area (Å²) in [5.74, 6) is 4.85. The number of hydrogen-bond acceptors (Lipinski definition) is 5. The molecule has 1 saturated carbocycles. The monoisotopic (exact) mass is 373 g/mol. The molecular weight excluding hydrogens is 346 g/mol. The standard InChI is InChI=1S/C20H27N3O4/c1-3-26-20(25)19-13(2)23(14-7-5-4-6-8-14)17-10-9-15(11-16(17)19)27-12-18(24)22-21/h9-11,14H,3-8,12,21H2,1-2H3,(H,22,24). The molecule has 0 aliphatic heterocycles. The summed E-state index contributed by atoms with van der Waals surface area (Å²) in [5, 5.41) is 0.794. The van der Waals surface area contributed by atoms with Crippen LogP contribution in [0.2, 0.25) is 0 Å². The van der Waals surface area contributed by atoms with Gasteiger partial charge in [0.1, 0.15) is 5.75 Å². The number of carbonyl (C=O) groups excluding carboxylic acids is 2. The Morgan fingerprint density at radius 3 is 2.67 bits per heavy atom. The van der Waals surface area contributed by atoms with Gasteiger partial charge in [0.2, 0.25) is 0 Å². The van der Waals surface area contributed by atoms with Crippen LogP contribution in [0, 0.1) is 6.92 Å². The van der Waals surface area contributed by atoms with Gasteiger partial charge in [-0.15, -0.1) is 0 Å². The quantitative estimate of drug-likeness (QED) is 0.351. The van der Waals surface area contributed by atoms with Crippen molar-refractivity contribution >= 4 is 22.8 Å². The minimum Gasteiger partial charge on any atom is -0.484 e. The van der Waals surface area contributed by atoms with Crippen LogP contribution in [-0.4, -0.2) is 29.7 Å². The van der Waals surface area contributed by atoms with Crippen molar-refractivity contribution < 1.29 is 19.1 Å². The van der Waals surface area contributed by atoms with E-state index < -0.39 is 5.91 Å². The van der Waals surface area contributed by atoms with Crippen LogP contribution in [0.4, 0.5) is 0 Å². The third-order valence-corrected chi connectivity index (χ3v) is 5.17. The molecule has 1 aliphatic carbocycles. The molecule has 1 heterocycles. The summed E-state index contributed by atoms with van der Waals surface area (Å²) in [6, 6.07) is 5.96. The van der Waals surface area contributed by atoms with Gasteiger partial charge in [0, 0.05) is 22.6 Å². The number of fused-ring (bicyclic) bond motifs is 1. The summed E-state index contributed by atoms with van der Waals surface area (Å²) in [7, 11) is 0. The molecule has 0 unspecified atom stereocenters. The highest BCUT2D eigenvalue weighted by molar-refractivity contribution is 6.06. The van der Waals surface area contributed by atoms with E-state index in [-0.39, 0.29) is 12.6 Å². The second-order valence-electron chi connectivity index (χ2n) is 6.88. The van der Waals surface area contributed by atoms with Crippen molar-refractivity contribution in [1.29, 1.82) is 0 Å². The Hall–Kier alpha value is -2.54. The number of esters is 1. The Balaban J connectivity index is 2.06. The normalized spacial score (nSPS) is 14.9. The molecule has 0 radical (unpaired) electrons. The average molecular weight is 373 g/mol. The van der Waals surface area contributed by atoms with Gasteiger partial charge in [0.15, 0.2) is 6.61 Å². The van der Waals surface area contributed by atoms with E-state index in [2.05, 4.69) is 4.57 Å². The first-order valence-corrected chi connectivity index (χ1v) is 9.50. The molecule has 0 spiro atoms. The van der Waals surface area contributed by atoms with Gasteiger partial charge < -0.3 is 14.0 Å². The molecule has 2 aromatic rings. The first kappa shape index (κ1) is 19.2. The first-order chi connectivity index (χ1) is 13.1. The topological polar surface area (TPSA) is 95.6 Å². The average Bonchev–Trinajstić information content (AvgIpc) is 2.98. The van der Waals surface area contributed by atoms with Gasteiger partial charge in [-0.2, -0.15) is 0 Å². The predicted octanol–water partition coefficient (Wildman–Crippen LogP) is 3.00. The van der Waals surface area contributed by atoms with E-state index >= 15 is 0 Å². The van der Waals surface area contributed by atoms with E-state index in [1.165, 1.54) is 19.3 Å². The Morgan fingerprint density at radius 1 is 1.26 bits per heavy atom. The SMILES string of the molecule is CCOC(=O)c1c(C)n(C2CCCCC2)c2ccc(OCC(=O)NN)cc12. The molecule has 1 aliphatic rings. The van der Waals surface area contributed by atoms with Crippen molar-refractivity contribution in [3.63, 3.8) is 0 Å². The highest BCUT2D eigenvalue weighted by Gasteiger charge is 2.26. The highest BCUT2D eigenvalue weighted by atomic mass is 16.5. The third-order valence-electron chi connectivity index (χ3n) is 5.17. The molecule has 1 aromatic carbocycles. The molecule has 7 heteroatoms. The lowest BCUT2D eigenvalue weighted by atomic mass is 9.95. The molecule has 7 nitrogen and oxygen atoms in total. The Bertz CT molecular complexity index is 837. The molecule has 27 heavy (non-hydrogen) atoms. The number of nitrogens with zero attached hydrogens (tertiary/aromatic N) is 1. The summed E-state index contributed by atoms with van der Waals surface area (Å²) in [6.45, 7) is 3.91. The lowest BCUT2D eigenvalue weighted by Gasteiger charge is -2.26. The number of amides is 1. The number of hydrazine groups is 1. The summed E-state index contributed by atoms with van der Waals surface area (Å²) >= 11 is 0. The van der Waals surface area contributed by atoms with Crippen molar-refractivity contribution in [2.45, 2.75) is 52.0 Å². The van der Waals surface area contributed by atoms with Crippen LogP contribution in [0.15, 0.2) is 18.2 Å². The molecule has 146 valence electrons. The van der Waals surface area contributed by atoms with Crippen molar-refractivity contribution in [2.75, 3.05) is 13.2 Å². The molecule has 1 amide bonds. The Labute approximate surface area is 158 Å². The number of nitrogens with one attached hydrogen (secondary N) is 1. The lowest BCUT2D eigenvalue weighted by molar-refractivity contribution is -0.123. The van der Waals surface area contributed by atoms with E-state index in [9.17, 15) is 9.59 Å². The van der Waals surface area contributed by atoms with Gasteiger partial charge in [-0.25, -0.2) is 10.6 Å². The van der Waals surface area contributed by atoms with Crippen LogP contribution in [0.5, 0.6) is 5.75 Å². The van der Waals surface area contributed by atoms with Crippen molar-refractivity contribution in [2.24, 2.45) is 5.84 Å². The van der Waals surface area contributed by atoms with Gasteiger partial charge >= 0.3 is 5.97 Å². The molecule has 0 bridgehead atoms.